The molecule has 0 saturated carbocycles. The van der Waals surface area contributed by atoms with Gasteiger partial charge in [0.15, 0.2) is 0 Å². The van der Waals surface area contributed by atoms with E-state index in [4.69, 9.17) is 9.47 Å². The van der Waals surface area contributed by atoms with Gasteiger partial charge in [0.1, 0.15) is 18.2 Å². The van der Waals surface area contributed by atoms with Crippen molar-refractivity contribution >= 4 is 5.97 Å². The molecular formula is C33H52NO3+. The monoisotopic (exact) mass is 510 g/mol. The molecule has 1 unspecified atom stereocenters. The molecular weight excluding hydrogens is 458 g/mol. The van der Waals surface area contributed by atoms with Gasteiger partial charge in [-0.3, -0.25) is 4.79 Å². The molecule has 0 saturated heterocycles. The Bertz CT molecular complexity index is 865. The predicted octanol–water partition coefficient (Wildman–Crippen LogP) is 7.98. The van der Waals surface area contributed by atoms with Gasteiger partial charge in [0.25, 0.3) is 0 Å². The molecule has 37 heavy (non-hydrogen) atoms. The Morgan fingerprint density at radius 3 is 2.16 bits per heavy atom. The number of aryl methyl sites for hydroxylation is 1. The van der Waals surface area contributed by atoms with E-state index in [0.29, 0.717) is 13.2 Å². The molecule has 0 aliphatic carbocycles. The van der Waals surface area contributed by atoms with Crippen molar-refractivity contribution in [3.63, 3.8) is 0 Å². The summed E-state index contributed by atoms with van der Waals surface area (Å²) < 4.78 is 12.3. The van der Waals surface area contributed by atoms with Gasteiger partial charge in [-0.1, -0.05) is 94.3 Å². The average molecular weight is 511 g/mol. The maximum Gasteiger partial charge on any atom is 0.314 e. The molecule has 0 aliphatic heterocycles. The topological polar surface area (TPSA) is 35.5 Å². The van der Waals surface area contributed by atoms with E-state index in [0.717, 1.165) is 42.6 Å². The second-order valence-electron chi connectivity index (χ2n) is 11.3. The van der Waals surface area contributed by atoms with Crippen molar-refractivity contribution in [2.75, 3.05) is 33.9 Å². The number of quaternary nitrogens is 1. The number of nitrogens with zero attached hydrogens (tertiary/aromatic N) is 1. The first kappa shape index (κ1) is 30.9. The molecule has 0 fully saturated rings. The molecule has 0 aromatic heterocycles. The van der Waals surface area contributed by atoms with Crippen LogP contribution in [0.2, 0.25) is 0 Å². The lowest BCUT2D eigenvalue weighted by Gasteiger charge is -2.31. The summed E-state index contributed by atoms with van der Waals surface area (Å²) in [6.07, 6.45) is 13.6. The maximum absolute atomic E-state index is 12.5. The quantitative estimate of drug-likeness (QED) is 0.103. The predicted molar refractivity (Wildman–Crippen MR) is 155 cm³/mol. The molecule has 0 radical (unpaired) electrons. The number of carbonyl (C=O) groups excluding carboxylic acids is 1. The van der Waals surface area contributed by atoms with Gasteiger partial charge in [-0.25, -0.2) is 0 Å². The highest BCUT2D eigenvalue weighted by molar-refractivity contribution is 5.72. The minimum atomic E-state index is -0.126. The van der Waals surface area contributed by atoms with Crippen LogP contribution in [-0.4, -0.2) is 44.3 Å². The molecule has 2 aromatic rings. The molecule has 0 heterocycles. The molecule has 4 heteroatoms. The third-order valence-electron chi connectivity index (χ3n) is 6.89. The molecule has 2 aromatic carbocycles. The van der Waals surface area contributed by atoms with Crippen molar-refractivity contribution in [3.05, 3.63) is 65.7 Å². The van der Waals surface area contributed by atoms with Crippen LogP contribution in [0.5, 0.6) is 5.75 Å². The van der Waals surface area contributed by atoms with Crippen molar-refractivity contribution in [1.82, 2.24) is 0 Å². The number of unbranched alkanes of at least 4 members (excludes halogenated alkanes) is 8. The van der Waals surface area contributed by atoms with Gasteiger partial charge < -0.3 is 14.0 Å². The molecule has 0 bridgehead atoms. The fourth-order valence-corrected chi connectivity index (χ4v) is 4.92. The minimum absolute atomic E-state index is 0.103. The maximum atomic E-state index is 12.5. The molecule has 0 amide bonds. The molecule has 0 aliphatic rings. The van der Waals surface area contributed by atoms with Gasteiger partial charge in [-0.2, -0.15) is 0 Å². The van der Waals surface area contributed by atoms with Crippen LogP contribution in [0.15, 0.2) is 54.6 Å². The second kappa shape index (κ2) is 18.0. The van der Waals surface area contributed by atoms with Crippen LogP contribution in [0, 0.1) is 5.92 Å². The zero-order chi connectivity index (χ0) is 26.8. The first-order chi connectivity index (χ1) is 17.9. The third-order valence-corrected chi connectivity index (χ3v) is 6.89. The Kier molecular flexibility index (Phi) is 15.0. The number of hydrogen-bond acceptors (Lipinski definition) is 3. The molecule has 2 rings (SSSR count). The molecule has 4 nitrogen and oxygen atoms in total. The van der Waals surface area contributed by atoms with Crippen molar-refractivity contribution < 1.29 is 18.8 Å². The van der Waals surface area contributed by atoms with E-state index in [1.807, 2.05) is 19.1 Å². The summed E-state index contributed by atoms with van der Waals surface area (Å²) in [4.78, 5) is 12.5. The lowest BCUT2D eigenvalue weighted by Crippen LogP contribution is -2.44. The summed E-state index contributed by atoms with van der Waals surface area (Å²) in [5.74, 6) is 0.716. The fraction of sp³-hybridized carbons (Fsp3) is 0.606. The van der Waals surface area contributed by atoms with Crippen LogP contribution in [0.1, 0.15) is 89.2 Å². The number of benzene rings is 2. The second-order valence-corrected chi connectivity index (χ2v) is 11.3. The van der Waals surface area contributed by atoms with Crippen molar-refractivity contribution in [2.24, 2.45) is 5.92 Å². The fourth-order valence-electron chi connectivity index (χ4n) is 4.92. The highest BCUT2D eigenvalue weighted by Gasteiger charge is 2.25. The summed E-state index contributed by atoms with van der Waals surface area (Å²) in [5, 5.41) is 0. The molecule has 206 valence electrons. The summed E-state index contributed by atoms with van der Waals surface area (Å²) in [7, 11) is 4.33. The van der Waals surface area contributed by atoms with E-state index < -0.39 is 0 Å². The van der Waals surface area contributed by atoms with Gasteiger partial charge in [0, 0.05) is 5.56 Å². The van der Waals surface area contributed by atoms with Gasteiger partial charge in [-0.15, -0.1) is 0 Å². The standard InChI is InChI=1S/C33H52NO3/c1-5-6-7-8-9-10-11-13-19-30-22-18-23-32(26-30)36-24-16-17-25-37-33(35)29(2)27-34(3,4)28-31-20-14-12-15-21-31/h12,14-15,18,20-23,26,29H,5-11,13,16-17,19,24-25,27-28H2,1-4H3/q+1. The van der Waals surface area contributed by atoms with E-state index in [1.54, 1.807) is 0 Å². The number of rotatable bonds is 20. The van der Waals surface area contributed by atoms with Gasteiger partial charge >= 0.3 is 5.97 Å². The Labute approximate surface area is 227 Å². The highest BCUT2D eigenvalue weighted by atomic mass is 16.5. The van der Waals surface area contributed by atoms with Gasteiger partial charge in [0.2, 0.25) is 0 Å². The lowest BCUT2D eigenvalue weighted by atomic mass is 10.0. The minimum Gasteiger partial charge on any atom is -0.494 e. The summed E-state index contributed by atoms with van der Waals surface area (Å²) in [6.45, 7) is 7.00. The first-order valence-electron chi connectivity index (χ1n) is 14.6. The van der Waals surface area contributed by atoms with Crippen LogP contribution >= 0.6 is 0 Å². The normalized spacial score (nSPS) is 12.3. The van der Waals surface area contributed by atoms with E-state index >= 15 is 0 Å². The zero-order valence-corrected chi connectivity index (χ0v) is 24.1. The Balaban J connectivity index is 1.55. The van der Waals surface area contributed by atoms with Crippen molar-refractivity contribution in [2.45, 2.75) is 91.0 Å². The smallest absolute Gasteiger partial charge is 0.314 e. The third kappa shape index (κ3) is 14.3. The number of ether oxygens (including phenoxy) is 2. The van der Waals surface area contributed by atoms with Crippen molar-refractivity contribution in [3.8, 4) is 5.75 Å². The van der Waals surface area contributed by atoms with Crippen molar-refractivity contribution in [1.29, 1.82) is 0 Å². The van der Waals surface area contributed by atoms with Crippen LogP contribution in [-0.2, 0) is 22.5 Å². The van der Waals surface area contributed by atoms with Gasteiger partial charge in [-0.05, 0) is 50.3 Å². The van der Waals surface area contributed by atoms with Crippen LogP contribution in [0.3, 0.4) is 0 Å². The average Bonchev–Trinajstić information content (AvgIpc) is 2.87. The van der Waals surface area contributed by atoms with Crippen LogP contribution < -0.4 is 4.74 Å². The SMILES string of the molecule is CCCCCCCCCCc1cccc(OCCCCOC(=O)C(C)C[N+](C)(C)Cc2ccccc2)c1. The summed E-state index contributed by atoms with van der Waals surface area (Å²) in [5.41, 5.74) is 2.65. The molecule has 0 N–H and O–H groups in total. The van der Waals surface area contributed by atoms with Crippen LogP contribution in [0.25, 0.3) is 0 Å². The summed E-state index contributed by atoms with van der Waals surface area (Å²) in [6, 6.07) is 18.9. The Morgan fingerprint density at radius 1 is 0.784 bits per heavy atom. The van der Waals surface area contributed by atoms with Crippen LogP contribution in [0.4, 0.5) is 0 Å². The summed E-state index contributed by atoms with van der Waals surface area (Å²) >= 11 is 0. The molecule has 1 atom stereocenters. The van der Waals surface area contributed by atoms with E-state index in [-0.39, 0.29) is 11.9 Å². The highest BCUT2D eigenvalue weighted by Crippen LogP contribution is 2.17. The molecule has 0 spiro atoms. The lowest BCUT2D eigenvalue weighted by molar-refractivity contribution is -0.905. The number of carbonyl (C=O) groups is 1. The number of hydrogen-bond donors (Lipinski definition) is 0. The number of esters is 1. The van der Waals surface area contributed by atoms with E-state index in [2.05, 4.69) is 63.5 Å². The van der Waals surface area contributed by atoms with E-state index in [1.165, 1.54) is 62.5 Å². The largest absolute Gasteiger partial charge is 0.494 e. The van der Waals surface area contributed by atoms with E-state index in [9.17, 15) is 4.79 Å². The zero-order valence-electron chi connectivity index (χ0n) is 24.1. The Morgan fingerprint density at radius 2 is 1.43 bits per heavy atom. The Hall–Kier alpha value is -2.33. The van der Waals surface area contributed by atoms with Gasteiger partial charge in [0.05, 0.1) is 33.9 Å². The first-order valence-corrected chi connectivity index (χ1v) is 14.6.